The highest BCUT2D eigenvalue weighted by molar-refractivity contribution is 8.76. The maximum Gasteiger partial charge on any atom is 0.226 e. The fraction of sp³-hybridized carbons (Fsp3) is 0.818. The fourth-order valence-corrected chi connectivity index (χ4v) is 4.46. The lowest BCUT2D eigenvalue weighted by molar-refractivity contribution is -0.136. The van der Waals surface area contributed by atoms with Crippen molar-refractivity contribution in [3.8, 4) is 0 Å². The van der Waals surface area contributed by atoms with Gasteiger partial charge in [-0.2, -0.15) is 0 Å². The van der Waals surface area contributed by atoms with Crippen molar-refractivity contribution < 1.29 is 9.59 Å². The van der Waals surface area contributed by atoms with Crippen molar-refractivity contribution in [3.05, 3.63) is 0 Å². The number of hydrogen-bond donors (Lipinski definition) is 0. The van der Waals surface area contributed by atoms with E-state index in [2.05, 4.69) is 0 Å². The van der Waals surface area contributed by atoms with Crippen LogP contribution in [0.1, 0.15) is 20.3 Å². The van der Waals surface area contributed by atoms with E-state index in [9.17, 15) is 9.59 Å². The molecule has 1 rings (SSSR count). The fourth-order valence-electron chi connectivity index (χ4n) is 1.48. The Hall–Kier alpha value is -0.160. The van der Waals surface area contributed by atoms with E-state index in [1.54, 1.807) is 40.6 Å². The number of carbonyl (C=O) groups excluding carboxylic acids is 2. The van der Waals surface area contributed by atoms with Gasteiger partial charge in [0.1, 0.15) is 5.78 Å². The number of Topliss-reactive ketones (excluding diaryl/α,β-unsaturated/α-hetero) is 1. The summed E-state index contributed by atoms with van der Waals surface area (Å²) in [7, 11) is 6.89. The second-order valence-corrected chi connectivity index (χ2v) is 7.50. The lowest BCUT2D eigenvalue weighted by Crippen LogP contribution is -2.37. The normalized spacial score (nSPS) is 25.8. The molecule has 1 aliphatic heterocycles. The first kappa shape index (κ1) is 13.9. The van der Waals surface area contributed by atoms with Crippen molar-refractivity contribution in [1.82, 2.24) is 4.90 Å². The summed E-state index contributed by atoms with van der Waals surface area (Å²) in [5, 5.41) is 0. The first-order chi connectivity index (χ1) is 7.34. The maximum absolute atomic E-state index is 12.0. The third-order valence-corrected chi connectivity index (χ3v) is 5.56. The molecule has 3 nitrogen and oxygen atoms in total. The SMILES string of the molecule is CN(C)C(=O)[C@@H]1CSSCC(C)(C)C(=O)C1. The molecule has 0 unspecified atom stereocenters. The summed E-state index contributed by atoms with van der Waals surface area (Å²) in [4.78, 5) is 25.5. The average Bonchev–Trinajstić information content (AvgIpc) is 2.19. The molecule has 92 valence electrons. The molecule has 0 N–H and O–H groups in total. The quantitative estimate of drug-likeness (QED) is 0.677. The lowest BCUT2D eigenvalue weighted by Gasteiger charge is -2.28. The van der Waals surface area contributed by atoms with E-state index in [4.69, 9.17) is 0 Å². The highest BCUT2D eigenvalue weighted by atomic mass is 33.1. The Balaban J connectivity index is 2.74. The molecule has 0 bridgehead atoms. The predicted octanol–water partition coefficient (Wildman–Crippen LogP) is 2.07. The van der Waals surface area contributed by atoms with Gasteiger partial charge in [-0.3, -0.25) is 9.59 Å². The molecule has 0 aliphatic carbocycles. The van der Waals surface area contributed by atoms with Gasteiger partial charge in [0.25, 0.3) is 0 Å². The largest absolute Gasteiger partial charge is 0.349 e. The Morgan fingerprint density at radius 2 is 2.00 bits per heavy atom. The third kappa shape index (κ3) is 3.42. The Bertz CT molecular complexity index is 290. The first-order valence-electron chi connectivity index (χ1n) is 5.33. The van der Waals surface area contributed by atoms with Crippen LogP contribution in [0.25, 0.3) is 0 Å². The molecule has 0 aromatic carbocycles. The Labute approximate surface area is 105 Å². The minimum absolute atomic E-state index is 0.0687. The summed E-state index contributed by atoms with van der Waals surface area (Å²) in [6.07, 6.45) is 0.386. The number of amides is 1. The molecular formula is C11H19NO2S2. The van der Waals surface area contributed by atoms with Crippen molar-refractivity contribution in [2.75, 3.05) is 25.6 Å². The summed E-state index contributed by atoms with van der Waals surface area (Å²) in [6.45, 7) is 3.93. The van der Waals surface area contributed by atoms with E-state index in [-0.39, 0.29) is 23.0 Å². The molecule has 0 saturated carbocycles. The zero-order valence-corrected chi connectivity index (χ0v) is 11.9. The monoisotopic (exact) mass is 261 g/mol. The number of carbonyl (C=O) groups is 2. The highest BCUT2D eigenvalue weighted by Gasteiger charge is 2.34. The van der Waals surface area contributed by atoms with Gasteiger partial charge in [0.05, 0.1) is 5.92 Å². The average molecular weight is 261 g/mol. The van der Waals surface area contributed by atoms with Gasteiger partial charge in [0, 0.05) is 37.4 Å². The van der Waals surface area contributed by atoms with Crippen LogP contribution in [-0.4, -0.2) is 42.2 Å². The molecule has 1 aliphatic rings. The molecule has 16 heavy (non-hydrogen) atoms. The zero-order chi connectivity index (χ0) is 12.3. The van der Waals surface area contributed by atoms with Crippen LogP contribution < -0.4 is 0 Å². The van der Waals surface area contributed by atoms with Gasteiger partial charge in [0.15, 0.2) is 0 Å². The summed E-state index contributed by atoms with van der Waals surface area (Å²) >= 11 is 0. The number of rotatable bonds is 1. The summed E-state index contributed by atoms with van der Waals surface area (Å²) in [6, 6.07) is 0. The Kier molecular flexibility index (Phi) is 4.73. The van der Waals surface area contributed by atoms with E-state index in [0.29, 0.717) is 6.42 Å². The van der Waals surface area contributed by atoms with E-state index in [1.165, 1.54) is 0 Å². The molecule has 0 aromatic heterocycles. The summed E-state index contributed by atoms with van der Waals surface area (Å²) < 4.78 is 0. The predicted molar refractivity (Wildman–Crippen MR) is 70.5 cm³/mol. The van der Waals surface area contributed by atoms with Crippen molar-refractivity contribution >= 4 is 33.3 Å². The van der Waals surface area contributed by atoms with E-state index in [0.717, 1.165) is 11.5 Å². The topological polar surface area (TPSA) is 37.4 Å². The van der Waals surface area contributed by atoms with Gasteiger partial charge in [-0.1, -0.05) is 35.4 Å². The molecule has 1 atom stereocenters. The van der Waals surface area contributed by atoms with Crippen LogP contribution in [0.4, 0.5) is 0 Å². The van der Waals surface area contributed by atoms with Gasteiger partial charge in [-0.15, -0.1) is 0 Å². The molecule has 0 aromatic rings. The molecule has 1 fully saturated rings. The van der Waals surface area contributed by atoms with Crippen molar-refractivity contribution in [3.63, 3.8) is 0 Å². The van der Waals surface area contributed by atoms with E-state index >= 15 is 0 Å². The van der Waals surface area contributed by atoms with Crippen LogP contribution in [0.3, 0.4) is 0 Å². The van der Waals surface area contributed by atoms with Crippen molar-refractivity contribution in [2.45, 2.75) is 20.3 Å². The van der Waals surface area contributed by atoms with Crippen LogP contribution in [-0.2, 0) is 9.59 Å². The van der Waals surface area contributed by atoms with Crippen LogP contribution in [0, 0.1) is 11.3 Å². The third-order valence-electron chi connectivity index (χ3n) is 2.75. The second kappa shape index (κ2) is 5.45. The standard InChI is InChI=1S/C11H19NO2S2/c1-11(2)7-16-15-6-8(5-9(11)13)10(14)12(3)4/h8H,5-7H2,1-4H3/t8-/m0/s1. The maximum atomic E-state index is 12.0. The molecule has 1 saturated heterocycles. The van der Waals surface area contributed by atoms with Crippen molar-refractivity contribution in [1.29, 1.82) is 0 Å². The Morgan fingerprint density at radius 3 is 2.56 bits per heavy atom. The van der Waals surface area contributed by atoms with Crippen molar-refractivity contribution in [2.24, 2.45) is 11.3 Å². The first-order valence-corrected chi connectivity index (χ1v) is 7.82. The van der Waals surface area contributed by atoms with E-state index < -0.39 is 0 Å². The Morgan fingerprint density at radius 1 is 1.38 bits per heavy atom. The smallest absolute Gasteiger partial charge is 0.226 e. The van der Waals surface area contributed by atoms with Crippen LogP contribution in [0.15, 0.2) is 0 Å². The summed E-state index contributed by atoms with van der Waals surface area (Å²) in [5.74, 6) is 1.70. The molecular weight excluding hydrogens is 242 g/mol. The molecule has 1 heterocycles. The van der Waals surface area contributed by atoms with Crippen LogP contribution in [0.5, 0.6) is 0 Å². The summed E-state index contributed by atoms with van der Waals surface area (Å²) in [5.41, 5.74) is -0.303. The number of hydrogen-bond acceptors (Lipinski definition) is 4. The highest BCUT2D eigenvalue weighted by Crippen LogP contribution is 2.37. The van der Waals surface area contributed by atoms with Crippen LogP contribution in [0.2, 0.25) is 0 Å². The molecule has 1 amide bonds. The van der Waals surface area contributed by atoms with Gasteiger partial charge in [-0.25, -0.2) is 0 Å². The lowest BCUT2D eigenvalue weighted by atomic mass is 9.85. The van der Waals surface area contributed by atoms with Gasteiger partial charge < -0.3 is 4.90 Å². The second-order valence-electron chi connectivity index (χ2n) is 4.99. The van der Waals surface area contributed by atoms with Gasteiger partial charge in [0.2, 0.25) is 5.91 Å². The van der Waals surface area contributed by atoms with E-state index in [1.807, 2.05) is 13.8 Å². The minimum atomic E-state index is -0.303. The van der Waals surface area contributed by atoms with Crippen LogP contribution >= 0.6 is 21.6 Å². The molecule has 0 radical (unpaired) electrons. The molecule has 5 heteroatoms. The van der Waals surface area contributed by atoms with Gasteiger partial charge >= 0.3 is 0 Å². The number of ketones is 1. The molecule has 0 spiro atoms. The van der Waals surface area contributed by atoms with Gasteiger partial charge in [-0.05, 0) is 0 Å². The minimum Gasteiger partial charge on any atom is -0.349 e. The number of nitrogens with zero attached hydrogens (tertiary/aromatic N) is 1. The zero-order valence-electron chi connectivity index (χ0n) is 10.3.